The van der Waals surface area contributed by atoms with Crippen LogP contribution in [0.15, 0.2) is 40.4 Å². The predicted octanol–water partition coefficient (Wildman–Crippen LogP) is 0.173. The lowest BCUT2D eigenvalue weighted by atomic mass is 10.3. The quantitative estimate of drug-likeness (QED) is 0.374. The minimum Gasteiger partial charge on any atom is -0.334 e. The molecule has 0 radical (unpaired) electrons. The summed E-state index contributed by atoms with van der Waals surface area (Å²) in [7, 11) is -3.78. The number of aryl methyl sites for hydroxylation is 2. The lowest BCUT2D eigenvalue weighted by Crippen LogP contribution is -2.19. The number of amides is 1. The van der Waals surface area contributed by atoms with Crippen molar-refractivity contribution in [1.29, 1.82) is 0 Å². The first-order valence-corrected chi connectivity index (χ1v) is 10.5. The maximum atomic E-state index is 12.1. The van der Waals surface area contributed by atoms with E-state index in [-0.39, 0.29) is 16.6 Å². The van der Waals surface area contributed by atoms with Gasteiger partial charge in [0.05, 0.1) is 16.3 Å². The van der Waals surface area contributed by atoms with Gasteiger partial charge in [0.1, 0.15) is 0 Å². The molecule has 0 unspecified atom stereocenters. The lowest BCUT2D eigenvalue weighted by molar-refractivity contribution is -0.113. The molecule has 0 bridgehead atoms. The number of benzene rings is 1. The number of carbonyl (C=O) groups excluding carboxylic acids is 1. The van der Waals surface area contributed by atoms with Crippen LogP contribution in [0.25, 0.3) is 5.95 Å². The van der Waals surface area contributed by atoms with Crippen molar-refractivity contribution in [3.8, 4) is 5.95 Å². The Labute approximate surface area is 165 Å². The van der Waals surface area contributed by atoms with Crippen LogP contribution in [-0.4, -0.2) is 44.7 Å². The van der Waals surface area contributed by atoms with Gasteiger partial charge < -0.3 is 11.2 Å². The standard InChI is InChI=1S/C15H18N8O3S2/c1-9-7-10(2)23(21-9)14-19-20-15(22(14)16)27-8-13(24)18-11-3-5-12(6-4-11)28(17,25)26/h3-7H,8,16H2,1-2H3,(H,18,24)(H2,17,25,26). The molecule has 11 nitrogen and oxygen atoms in total. The number of hydrogen-bond acceptors (Lipinski definition) is 8. The molecule has 0 aliphatic heterocycles. The van der Waals surface area contributed by atoms with Crippen molar-refractivity contribution >= 4 is 33.4 Å². The Kier molecular flexibility index (Phi) is 5.40. The van der Waals surface area contributed by atoms with Gasteiger partial charge in [-0.1, -0.05) is 11.8 Å². The number of aromatic nitrogens is 5. The Hall–Kier alpha value is -2.90. The van der Waals surface area contributed by atoms with Gasteiger partial charge in [0.25, 0.3) is 5.95 Å². The Balaban J connectivity index is 1.63. The van der Waals surface area contributed by atoms with Crippen LogP contribution in [0.1, 0.15) is 11.4 Å². The Bertz CT molecular complexity index is 1120. The number of carbonyl (C=O) groups is 1. The molecule has 148 valence electrons. The van der Waals surface area contributed by atoms with E-state index in [1.165, 1.54) is 28.9 Å². The SMILES string of the molecule is Cc1cc(C)n(-c2nnc(SCC(=O)Nc3ccc(S(N)(=O)=O)cc3)n2N)n1. The number of sulfonamides is 1. The third kappa shape index (κ3) is 4.32. The number of hydrogen-bond donors (Lipinski definition) is 3. The first-order chi connectivity index (χ1) is 13.1. The van der Waals surface area contributed by atoms with Gasteiger partial charge in [-0.25, -0.2) is 22.9 Å². The summed E-state index contributed by atoms with van der Waals surface area (Å²) in [6, 6.07) is 7.42. The number of nitrogens with one attached hydrogen (secondary N) is 1. The molecule has 2 heterocycles. The average molecular weight is 422 g/mol. The summed E-state index contributed by atoms with van der Waals surface area (Å²) in [6.07, 6.45) is 0. The van der Waals surface area contributed by atoms with Crippen molar-refractivity contribution in [1.82, 2.24) is 24.7 Å². The van der Waals surface area contributed by atoms with E-state index in [2.05, 4.69) is 20.6 Å². The predicted molar refractivity (Wildman–Crippen MR) is 104 cm³/mol. The third-order valence-electron chi connectivity index (χ3n) is 3.64. The maximum Gasteiger partial charge on any atom is 0.271 e. The van der Waals surface area contributed by atoms with Crippen LogP contribution in [0.2, 0.25) is 0 Å². The molecular formula is C15H18N8O3S2. The van der Waals surface area contributed by atoms with Gasteiger partial charge in [-0.3, -0.25) is 4.79 Å². The number of nitrogens with two attached hydrogens (primary N) is 2. The van der Waals surface area contributed by atoms with Crippen LogP contribution in [0, 0.1) is 13.8 Å². The summed E-state index contributed by atoms with van der Waals surface area (Å²) in [6.45, 7) is 3.73. The first kappa shape index (κ1) is 19.9. The van der Waals surface area contributed by atoms with E-state index in [4.69, 9.17) is 11.0 Å². The molecule has 1 aromatic carbocycles. The number of nitrogen functional groups attached to an aromatic ring is 1. The normalized spacial score (nSPS) is 11.5. The van der Waals surface area contributed by atoms with Crippen molar-refractivity contribution in [3.63, 3.8) is 0 Å². The van der Waals surface area contributed by atoms with Gasteiger partial charge in [0.2, 0.25) is 21.1 Å². The summed E-state index contributed by atoms with van der Waals surface area (Å²) in [5.41, 5.74) is 2.12. The zero-order chi connectivity index (χ0) is 20.5. The molecular weight excluding hydrogens is 404 g/mol. The van der Waals surface area contributed by atoms with Gasteiger partial charge in [-0.2, -0.15) is 5.10 Å². The van der Waals surface area contributed by atoms with E-state index in [0.29, 0.717) is 16.8 Å². The second kappa shape index (κ2) is 7.61. The number of thioether (sulfide) groups is 1. The Morgan fingerprint density at radius 2 is 1.89 bits per heavy atom. The molecule has 3 aromatic rings. The van der Waals surface area contributed by atoms with Crippen molar-refractivity contribution in [3.05, 3.63) is 41.7 Å². The summed E-state index contributed by atoms with van der Waals surface area (Å²) in [4.78, 5) is 12.1. The van der Waals surface area contributed by atoms with Crippen molar-refractivity contribution in [2.45, 2.75) is 23.9 Å². The molecule has 28 heavy (non-hydrogen) atoms. The van der Waals surface area contributed by atoms with Crippen molar-refractivity contribution in [2.75, 3.05) is 16.9 Å². The van der Waals surface area contributed by atoms with Gasteiger partial charge in [-0.05, 0) is 44.2 Å². The van der Waals surface area contributed by atoms with E-state index >= 15 is 0 Å². The van der Waals surface area contributed by atoms with E-state index in [1.54, 1.807) is 4.68 Å². The topological polar surface area (TPSA) is 164 Å². The number of rotatable bonds is 6. The highest BCUT2D eigenvalue weighted by molar-refractivity contribution is 7.99. The second-order valence-corrected chi connectivity index (χ2v) is 8.40. The van der Waals surface area contributed by atoms with Crippen molar-refractivity contribution in [2.24, 2.45) is 5.14 Å². The van der Waals surface area contributed by atoms with Crippen LogP contribution >= 0.6 is 11.8 Å². The average Bonchev–Trinajstić information content (AvgIpc) is 3.14. The minimum absolute atomic E-state index is 0.0311. The molecule has 1 amide bonds. The van der Waals surface area contributed by atoms with Crippen LogP contribution in [0.5, 0.6) is 0 Å². The third-order valence-corrected chi connectivity index (χ3v) is 5.52. The van der Waals surface area contributed by atoms with Crippen molar-refractivity contribution < 1.29 is 13.2 Å². The van der Waals surface area contributed by atoms with E-state index < -0.39 is 10.0 Å². The zero-order valence-corrected chi connectivity index (χ0v) is 16.7. The second-order valence-electron chi connectivity index (χ2n) is 5.90. The van der Waals surface area contributed by atoms with Gasteiger partial charge in [0, 0.05) is 11.4 Å². The summed E-state index contributed by atoms with van der Waals surface area (Å²) < 4.78 is 25.3. The molecule has 0 saturated carbocycles. The molecule has 0 aliphatic carbocycles. The molecule has 3 rings (SSSR count). The van der Waals surface area contributed by atoms with Gasteiger partial charge in [0.15, 0.2) is 0 Å². The molecule has 0 fully saturated rings. The highest BCUT2D eigenvalue weighted by atomic mass is 32.2. The van der Waals surface area contributed by atoms with Crippen LogP contribution in [-0.2, 0) is 14.8 Å². The summed E-state index contributed by atoms with van der Waals surface area (Å²) in [5.74, 6) is 6.07. The molecule has 0 atom stereocenters. The van der Waals surface area contributed by atoms with E-state index in [0.717, 1.165) is 23.1 Å². The fraction of sp³-hybridized carbons (Fsp3) is 0.200. The Morgan fingerprint density at radius 1 is 1.21 bits per heavy atom. The van der Waals surface area contributed by atoms with E-state index in [1.807, 2.05) is 19.9 Å². The van der Waals surface area contributed by atoms with Gasteiger partial charge >= 0.3 is 0 Å². The zero-order valence-electron chi connectivity index (χ0n) is 15.0. The fourth-order valence-electron chi connectivity index (χ4n) is 2.40. The molecule has 0 saturated heterocycles. The number of primary sulfonamides is 1. The van der Waals surface area contributed by atoms with Crippen LogP contribution < -0.4 is 16.3 Å². The number of anilines is 1. The molecule has 5 N–H and O–H groups in total. The largest absolute Gasteiger partial charge is 0.334 e. The monoisotopic (exact) mass is 422 g/mol. The summed E-state index contributed by atoms with van der Waals surface area (Å²) >= 11 is 1.11. The minimum atomic E-state index is -3.78. The van der Waals surface area contributed by atoms with Gasteiger partial charge in [-0.15, -0.1) is 10.2 Å². The molecule has 0 aliphatic rings. The molecule has 0 spiro atoms. The molecule has 2 aromatic heterocycles. The fourth-order valence-corrected chi connectivity index (χ4v) is 3.57. The van der Waals surface area contributed by atoms with Crippen LogP contribution in [0.4, 0.5) is 5.69 Å². The van der Waals surface area contributed by atoms with Crippen LogP contribution in [0.3, 0.4) is 0 Å². The number of nitrogens with zero attached hydrogens (tertiary/aromatic N) is 5. The molecule has 13 heteroatoms. The summed E-state index contributed by atoms with van der Waals surface area (Å²) in [5, 5.41) is 20.4. The lowest BCUT2D eigenvalue weighted by Gasteiger charge is -2.06. The highest BCUT2D eigenvalue weighted by Crippen LogP contribution is 2.18. The first-order valence-electron chi connectivity index (χ1n) is 7.95. The Morgan fingerprint density at radius 3 is 2.46 bits per heavy atom. The van der Waals surface area contributed by atoms with E-state index in [9.17, 15) is 13.2 Å². The highest BCUT2D eigenvalue weighted by Gasteiger charge is 2.16. The smallest absolute Gasteiger partial charge is 0.271 e. The maximum absolute atomic E-state index is 12.1.